The van der Waals surface area contributed by atoms with Crippen LogP contribution in [0.25, 0.3) is 0 Å². The van der Waals surface area contributed by atoms with Gasteiger partial charge >= 0.3 is 0 Å². The fraction of sp³-hybridized carbons (Fsp3) is 0.462. The SMILES string of the molecule is O=C(CNCc1cccc(Cl)c1)NCC1CC1. The van der Waals surface area contributed by atoms with Gasteiger partial charge < -0.3 is 10.6 Å². The van der Waals surface area contributed by atoms with Crippen molar-refractivity contribution in [1.29, 1.82) is 0 Å². The van der Waals surface area contributed by atoms with Crippen LogP contribution in [0.15, 0.2) is 24.3 Å². The zero-order valence-electron chi connectivity index (χ0n) is 9.71. The van der Waals surface area contributed by atoms with Crippen molar-refractivity contribution in [3.05, 3.63) is 34.9 Å². The molecule has 92 valence electrons. The highest BCUT2D eigenvalue weighted by Crippen LogP contribution is 2.27. The Bertz CT molecular complexity index is 391. The van der Waals surface area contributed by atoms with E-state index in [1.54, 1.807) is 0 Å². The van der Waals surface area contributed by atoms with E-state index in [1.165, 1.54) is 12.8 Å². The Hall–Kier alpha value is -1.06. The molecule has 2 rings (SSSR count). The molecule has 0 bridgehead atoms. The minimum absolute atomic E-state index is 0.0685. The minimum atomic E-state index is 0.0685. The second-order valence-corrected chi connectivity index (χ2v) is 4.92. The molecule has 0 radical (unpaired) electrons. The fourth-order valence-corrected chi connectivity index (χ4v) is 1.82. The van der Waals surface area contributed by atoms with Crippen LogP contribution >= 0.6 is 11.6 Å². The number of carbonyl (C=O) groups is 1. The first-order chi connectivity index (χ1) is 8.24. The van der Waals surface area contributed by atoms with Crippen molar-refractivity contribution in [3.8, 4) is 0 Å². The normalized spacial score (nSPS) is 14.6. The summed E-state index contributed by atoms with van der Waals surface area (Å²) in [6.07, 6.45) is 2.52. The molecule has 0 unspecified atom stereocenters. The molecular formula is C13H17ClN2O. The molecule has 0 spiro atoms. The Morgan fingerprint density at radius 1 is 1.41 bits per heavy atom. The smallest absolute Gasteiger partial charge is 0.233 e. The van der Waals surface area contributed by atoms with Gasteiger partial charge in [0.1, 0.15) is 0 Å². The molecule has 1 amide bonds. The van der Waals surface area contributed by atoms with Gasteiger partial charge in [-0.05, 0) is 36.5 Å². The van der Waals surface area contributed by atoms with Crippen molar-refractivity contribution >= 4 is 17.5 Å². The lowest BCUT2D eigenvalue weighted by Gasteiger charge is -2.06. The number of carbonyl (C=O) groups excluding carboxylic acids is 1. The number of rotatable bonds is 6. The average molecular weight is 253 g/mol. The Labute approximate surface area is 107 Å². The Morgan fingerprint density at radius 3 is 2.94 bits per heavy atom. The first-order valence-electron chi connectivity index (χ1n) is 5.96. The zero-order chi connectivity index (χ0) is 12.1. The Morgan fingerprint density at radius 2 is 2.24 bits per heavy atom. The summed E-state index contributed by atoms with van der Waals surface area (Å²) in [6.45, 7) is 1.86. The number of nitrogens with one attached hydrogen (secondary N) is 2. The summed E-state index contributed by atoms with van der Waals surface area (Å²) in [5.41, 5.74) is 1.09. The first kappa shape index (κ1) is 12.4. The summed E-state index contributed by atoms with van der Waals surface area (Å²) in [5.74, 6) is 0.797. The predicted octanol–water partition coefficient (Wildman–Crippen LogP) is 1.96. The van der Waals surface area contributed by atoms with E-state index in [9.17, 15) is 4.79 Å². The van der Waals surface area contributed by atoms with Crippen LogP contribution in [0.4, 0.5) is 0 Å². The van der Waals surface area contributed by atoms with Gasteiger partial charge in [0.2, 0.25) is 5.91 Å². The van der Waals surface area contributed by atoms with Crippen molar-refractivity contribution in [2.24, 2.45) is 5.92 Å². The molecule has 0 atom stereocenters. The van der Waals surface area contributed by atoms with Crippen LogP contribution in [-0.4, -0.2) is 19.0 Å². The van der Waals surface area contributed by atoms with Gasteiger partial charge in [0.05, 0.1) is 6.54 Å². The van der Waals surface area contributed by atoms with Gasteiger partial charge in [-0.3, -0.25) is 4.79 Å². The van der Waals surface area contributed by atoms with Gasteiger partial charge in [0.15, 0.2) is 0 Å². The summed E-state index contributed by atoms with van der Waals surface area (Å²) in [4.78, 5) is 11.4. The molecule has 1 aromatic carbocycles. The lowest BCUT2D eigenvalue weighted by molar-refractivity contribution is -0.120. The van der Waals surface area contributed by atoms with Gasteiger partial charge in [0.25, 0.3) is 0 Å². The van der Waals surface area contributed by atoms with Crippen LogP contribution < -0.4 is 10.6 Å². The molecule has 1 aliphatic carbocycles. The lowest BCUT2D eigenvalue weighted by Crippen LogP contribution is -2.34. The number of benzene rings is 1. The summed E-state index contributed by atoms with van der Waals surface area (Å²) >= 11 is 5.87. The molecule has 0 aliphatic heterocycles. The molecule has 4 heteroatoms. The molecule has 0 saturated heterocycles. The predicted molar refractivity (Wildman–Crippen MR) is 68.9 cm³/mol. The van der Waals surface area contributed by atoms with Crippen LogP contribution in [0.5, 0.6) is 0 Å². The summed E-state index contributed by atoms with van der Waals surface area (Å²) in [5, 5.41) is 6.74. The van der Waals surface area contributed by atoms with Crippen LogP contribution in [-0.2, 0) is 11.3 Å². The van der Waals surface area contributed by atoms with Gasteiger partial charge in [0, 0.05) is 18.1 Å². The fourth-order valence-electron chi connectivity index (χ4n) is 1.61. The molecule has 1 aromatic rings. The minimum Gasteiger partial charge on any atom is -0.355 e. The van der Waals surface area contributed by atoms with Gasteiger partial charge in [-0.1, -0.05) is 23.7 Å². The maximum Gasteiger partial charge on any atom is 0.233 e. The van der Waals surface area contributed by atoms with Crippen molar-refractivity contribution in [3.63, 3.8) is 0 Å². The van der Waals surface area contributed by atoms with Crippen molar-refractivity contribution in [2.75, 3.05) is 13.1 Å². The van der Waals surface area contributed by atoms with Crippen molar-refractivity contribution in [1.82, 2.24) is 10.6 Å². The molecule has 1 aliphatic rings. The van der Waals surface area contributed by atoms with Crippen LogP contribution in [0.3, 0.4) is 0 Å². The Kier molecular flexibility index (Phi) is 4.40. The highest BCUT2D eigenvalue weighted by molar-refractivity contribution is 6.30. The average Bonchev–Trinajstić information content (AvgIpc) is 3.10. The third-order valence-corrected chi connectivity index (χ3v) is 3.02. The monoisotopic (exact) mass is 252 g/mol. The van der Waals surface area contributed by atoms with Gasteiger partial charge in [-0.15, -0.1) is 0 Å². The molecule has 1 saturated carbocycles. The molecular weight excluding hydrogens is 236 g/mol. The number of halogens is 1. The molecule has 0 aromatic heterocycles. The third kappa shape index (κ3) is 4.75. The van der Waals surface area contributed by atoms with E-state index in [-0.39, 0.29) is 5.91 Å². The van der Waals surface area contributed by atoms with E-state index in [2.05, 4.69) is 10.6 Å². The Balaban J connectivity index is 1.62. The largest absolute Gasteiger partial charge is 0.355 e. The third-order valence-electron chi connectivity index (χ3n) is 2.79. The lowest BCUT2D eigenvalue weighted by atomic mass is 10.2. The van der Waals surface area contributed by atoms with E-state index >= 15 is 0 Å². The number of hydrogen-bond acceptors (Lipinski definition) is 2. The summed E-state index contributed by atoms with van der Waals surface area (Å²) in [6, 6.07) is 7.64. The van der Waals surface area contributed by atoms with Crippen LogP contribution in [0.2, 0.25) is 5.02 Å². The highest BCUT2D eigenvalue weighted by atomic mass is 35.5. The second-order valence-electron chi connectivity index (χ2n) is 4.48. The van der Waals surface area contributed by atoms with E-state index in [0.717, 1.165) is 23.0 Å². The first-order valence-corrected chi connectivity index (χ1v) is 6.33. The molecule has 17 heavy (non-hydrogen) atoms. The molecule has 0 heterocycles. The number of amides is 1. The van der Waals surface area contributed by atoms with Gasteiger partial charge in [-0.2, -0.15) is 0 Å². The summed E-state index contributed by atoms with van der Waals surface area (Å²) in [7, 11) is 0. The maximum absolute atomic E-state index is 11.4. The molecule has 3 nitrogen and oxygen atoms in total. The van der Waals surface area contributed by atoms with E-state index in [1.807, 2.05) is 24.3 Å². The van der Waals surface area contributed by atoms with Crippen molar-refractivity contribution in [2.45, 2.75) is 19.4 Å². The van der Waals surface area contributed by atoms with E-state index in [0.29, 0.717) is 13.1 Å². The quantitative estimate of drug-likeness (QED) is 0.813. The standard InChI is InChI=1S/C13H17ClN2O/c14-12-3-1-2-11(6-12)7-15-9-13(17)16-8-10-4-5-10/h1-3,6,10,15H,4-5,7-9H2,(H,16,17). The number of hydrogen-bond donors (Lipinski definition) is 2. The van der Waals surface area contributed by atoms with Crippen molar-refractivity contribution < 1.29 is 4.79 Å². The molecule has 2 N–H and O–H groups in total. The second kappa shape index (κ2) is 6.03. The summed E-state index contributed by atoms with van der Waals surface area (Å²) < 4.78 is 0. The maximum atomic E-state index is 11.4. The zero-order valence-corrected chi connectivity index (χ0v) is 10.5. The topological polar surface area (TPSA) is 41.1 Å². The van der Waals surface area contributed by atoms with E-state index in [4.69, 9.17) is 11.6 Å². The van der Waals surface area contributed by atoms with Crippen LogP contribution in [0.1, 0.15) is 18.4 Å². The van der Waals surface area contributed by atoms with Gasteiger partial charge in [-0.25, -0.2) is 0 Å². The van der Waals surface area contributed by atoms with E-state index < -0.39 is 0 Å². The van der Waals surface area contributed by atoms with Crippen LogP contribution in [0, 0.1) is 5.92 Å². The highest BCUT2D eigenvalue weighted by Gasteiger charge is 2.21. The molecule has 1 fully saturated rings.